The lowest BCUT2D eigenvalue weighted by molar-refractivity contribution is -0.130. The van der Waals surface area contributed by atoms with E-state index in [-0.39, 0.29) is 58.1 Å². The number of hydrogen-bond donors (Lipinski definition) is 5. The predicted octanol–water partition coefficient (Wildman–Crippen LogP) is -0.234. The van der Waals surface area contributed by atoms with Crippen LogP contribution in [0.4, 0.5) is 4.79 Å². The smallest absolute Gasteiger partial charge is 0.320 e. The van der Waals surface area contributed by atoms with Crippen LogP contribution in [-0.4, -0.2) is 114 Å². The third kappa shape index (κ3) is 5.56. The number of hydrogen-bond acceptors (Lipinski definition) is 8. The van der Waals surface area contributed by atoms with E-state index in [9.17, 15) is 14.7 Å². The van der Waals surface area contributed by atoms with E-state index in [4.69, 9.17) is 16.3 Å². The number of β-amino-alcohol motifs (C(OH)–C–C–N with tert-alkyl or cyclic N) is 1. The van der Waals surface area contributed by atoms with E-state index in [1.54, 1.807) is 23.8 Å². The number of nitrogens with zero attached hydrogens (tertiary/aromatic N) is 2. The zero-order chi connectivity index (χ0) is 24.7. The summed E-state index contributed by atoms with van der Waals surface area (Å²) >= 11 is 8.15. The molecule has 0 radical (unpaired) electrons. The van der Waals surface area contributed by atoms with Crippen molar-refractivity contribution >= 4 is 35.3 Å². The van der Waals surface area contributed by atoms with Gasteiger partial charge in [-0.1, -0.05) is 0 Å². The molecule has 5 saturated heterocycles. The summed E-state index contributed by atoms with van der Waals surface area (Å²) in [6.07, 6.45) is 2.00. The van der Waals surface area contributed by atoms with Gasteiger partial charge in [-0.25, -0.2) is 4.79 Å². The number of thioether (sulfide) groups is 1. The van der Waals surface area contributed by atoms with Crippen LogP contribution in [0.5, 0.6) is 0 Å². The molecule has 0 aromatic rings. The minimum atomic E-state index is -0.409. The van der Waals surface area contributed by atoms with Gasteiger partial charge in [0.1, 0.15) is 5.50 Å². The number of aliphatic hydroxyl groups excluding tert-OH is 1. The second kappa shape index (κ2) is 10.9. The first-order valence-electron chi connectivity index (χ1n) is 12.9. The minimum absolute atomic E-state index is 0.0106. The molecular formula is C23H39ClN6O4S. The number of nitrogens with one attached hydrogen (secondary N) is 4. The lowest BCUT2D eigenvalue weighted by Gasteiger charge is -2.45. The number of ether oxygens (including phenoxy) is 1. The summed E-state index contributed by atoms with van der Waals surface area (Å²) in [5.74, 6) is 0.363. The van der Waals surface area contributed by atoms with Crippen LogP contribution in [-0.2, 0) is 9.53 Å². The maximum atomic E-state index is 13.5. The molecule has 3 amide bonds. The average molecular weight is 531 g/mol. The average Bonchev–Trinajstić information content (AvgIpc) is 3.53. The maximum absolute atomic E-state index is 13.5. The largest absolute Gasteiger partial charge is 0.391 e. The van der Waals surface area contributed by atoms with Crippen molar-refractivity contribution < 1.29 is 19.4 Å². The number of carbonyl (C=O) groups is 2. The Labute approximate surface area is 216 Å². The van der Waals surface area contributed by atoms with Crippen molar-refractivity contribution in [2.24, 2.45) is 17.8 Å². The number of carbonyl (C=O) groups excluding carboxylic acids is 2. The fourth-order valence-corrected chi connectivity index (χ4v) is 8.24. The quantitative estimate of drug-likeness (QED) is 0.250. The van der Waals surface area contributed by atoms with Crippen molar-refractivity contribution in [3.8, 4) is 0 Å². The Balaban J connectivity index is 1.16. The first kappa shape index (κ1) is 25.8. The number of piperidine rings is 2. The molecule has 0 aromatic heterocycles. The zero-order valence-corrected chi connectivity index (χ0v) is 22.1. The molecule has 12 heteroatoms. The monoisotopic (exact) mass is 530 g/mol. The van der Waals surface area contributed by atoms with Gasteiger partial charge in [0.2, 0.25) is 5.91 Å². The Bertz CT molecular complexity index is 783. The van der Waals surface area contributed by atoms with Crippen LogP contribution in [0, 0.1) is 17.8 Å². The molecule has 5 fully saturated rings. The Morgan fingerprint density at radius 1 is 1.11 bits per heavy atom. The highest BCUT2D eigenvalue weighted by molar-refractivity contribution is 8.00. The van der Waals surface area contributed by atoms with E-state index >= 15 is 0 Å². The van der Waals surface area contributed by atoms with Crippen LogP contribution in [0.2, 0.25) is 0 Å². The third-order valence-electron chi connectivity index (χ3n) is 8.44. The van der Waals surface area contributed by atoms with Crippen molar-refractivity contribution in [1.29, 1.82) is 0 Å². The standard InChI is InChI=1S/C23H39ClN6O4S/c1-12-5-14(15-6-20(24)26-8-18(15)34-2)16(7-25-12)21(32)28-22-27-17-10-30(11-19(17)35-22)23(33)29-4-3-13(31)9-29/h12-20,22,25-27,31H,3-11H2,1-2H3,(H,28,32)/t12?,13-,14?,15?,16?,17?,18?,19?,20?,22?/m0/s1. The van der Waals surface area contributed by atoms with Crippen molar-refractivity contribution in [3.05, 3.63) is 0 Å². The van der Waals surface area contributed by atoms with Gasteiger partial charge in [-0.2, -0.15) is 0 Å². The summed E-state index contributed by atoms with van der Waals surface area (Å²) < 4.78 is 5.79. The Morgan fingerprint density at radius 2 is 1.94 bits per heavy atom. The molecule has 10 nitrogen and oxygen atoms in total. The van der Waals surface area contributed by atoms with E-state index in [1.165, 1.54) is 0 Å². The van der Waals surface area contributed by atoms with Gasteiger partial charge in [-0.15, -0.1) is 23.4 Å². The van der Waals surface area contributed by atoms with Crippen LogP contribution < -0.4 is 21.3 Å². The molecule has 0 spiro atoms. The topological polar surface area (TPSA) is 118 Å². The van der Waals surface area contributed by atoms with Gasteiger partial charge < -0.3 is 30.3 Å². The molecule has 35 heavy (non-hydrogen) atoms. The number of methoxy groups -OCH3 is 1. The third-order valence-corrected chi connectivity index (χ3v) is 10.1. The highest BCUT2D eigenvalue weighted by atomic mass is 35.5. The summed E-state index contributed by atoms with van der Waals surface area (Å²) in [5.41, 5.74) is -0.253. The van der Waals surface area contributed by atoms with Crippen molar-refractivity contribution in [3.63, 3.8) is 0 Å². The molecule has 0 aromatic carbocycles. The van der Waals surface area contributed by atoms with Gasteiger partial charge in [0, 0.05) is 63.7 Å². The Hall–Kier alpha value is -0.820. The van der Waals surface area contributed by atoms with E-state index < -0.39 is 6.10 Å². The van der Waals surface area contributed by atoms with Gasteiger partial charge >= 0.3 is 6.03 Å². The fraction of sp³-hybridized carbons (Fsp3) is 0.913. The summed E-state index contributed by atoms with van der Waals surface area (Å²) in [6, 6.07) is 0.515. The molecule has 5 aliphatic rings. The second-order valence-corrected chi connectivity index (χ2v) is 12.7. The van der Waals surface area contributed by atoms with Crippen LogP contribution in [0.15, 0.2) is 0 Å². The van der Waals surface area contributed by atoms with Gasteiger partial charge in [-0.05, 0) is 38.0 Å². The molecule has 0 aliphatic carbocycles. The van der Waals surface area contributed by atoms with Crippen LogP contribution in [0.25, 0.3) is 0 Å². The van der Waals surface area contributed by atoms with Gasteiger partial charge in [0.15, 0.2) is 0 Å². The van der Waals surface area contributed by atoms with Crippen LogP contribution in [0.1, 0.15) is 26.2 Å². The molecule has 0 saturated carbocycles. The van der Waals surface area contributed by atoms with E-state index in [0.29, 0.717) is 51.7 Å². The highest BCUT2D eigenvalue weighted by Gasteiger charge is 2.47. The number of alkyl halides is 1. The Kier molecular flexibility index (Phi) is 8.03. The molecule has 5 aliphatic heterocycles. The van der Waals surface area contributed by atoms with Gasteiger partial charge in [-0.3, -0.25) is 15.4 Å². The van der Waals surface area contributed by atoms with Crippen molar-refractivity contribution in [1.82, 2.24) is 31.1 Å². The summed E-state index contributed by atoms with van der Waals surface area (Å²) in [7, 11) is 1.74. The lowest BCUT2D eigenvalue weighted by atomic mass is 9.70. The molecule has 5 heterocycles. The summed E-state index contributed by atoms with van der Waals surface area (Å²) in [5, 5.41) is 23.6. The molecule has 0 bridgehead atoms. The van der Waals surface area contributed by atoms with E-state index in [2.05, 4.69) is 28.2 Å². The fourth-order valence-electron chi connectivity index (χ4n) is 6.54. The SMILES string of the molecule is COC1CNC(Cl)CC1C1CC(C)NCC1C(=O)NC1NC2CN(C(=O)N3CC[C@H](O)C3)CC2S1. The molecule has 10 atom stereocenters. The molecule has 5 rings (SSSR count). The number of urea groups is 1. The second-order valence-electron chi connectivity index (χ2n) is 10.8. The Morgan fingerprint density at radius 3 is 2.66 bits per heavy atom. The minimum Gasteiger partial charge on any atom is -0.391 e. The first-order chi connectivity index (χ1) is 16.8. The molecule has 198 valence electrons. The molecule has 5 N–H and O–H groups in total. The highest BCUT2D eigenvalue weighted by Crippen LogP contribution is 2.38. The number of rotatable bonds is 4. The van der Waals surface area contributed by atoms with Gasteiger partial charge in [0.05, 0.1) is 23.6 Å². The number of fused-ring (bicyclic) bond motifs is 1. The van der Waals surface area contributed by atoms with E-state index in [0.717, 1.165) is 12.8 Å². The first-order valence-corrected chi connectivity index (χ1v) is 14.3. The summed E-state index contributed by atoms with van der Waals surface area (Å²) in [6.45, 7) is 5.86. The number of halogens is 1. The van der Waals surface area contributed by atoms with Crippen molar-refractivity contribution in [2.75, 3.05) is 46.4 Å². The predicted molar refractivity (Wildman–Crippen MR) is 135 cm³/mol. The normalized spacial score (nSPS) is 43.9. The number of amides is 3. The maximum Gasteiger partial charge on any atom is 0.320 e. The molecule has 9 unspecified atom stereocenters. The molecular weight excluding hydrogens is 492 g/mol. The van der Waals surface area contributed by atoms with Crippen molar-refractivity contribution in [2.45, 2.75) is 66.7 Å². The van der Waals surface area contributed by atoms with Crippen LogP contribution in [0.3, 0.4) is 0 Å². The van der Waals surface area contributed by atoms with Crippen LogP contribution >= 0.6 is 23.4 Å². The number of likely N-dealkylation sites (tertiary alicyclic amines) is 2. The van der Waals surface area contributed by atoms with E-state index in [1.807, 2.05) is 4.90 Å². The zero-order valence-electron chi connectivity index (χ0n) is 20.5. The summed E-state index contributed by atoms with van der Waals surface area (Å²) in [4.78, 5) is 29.9. The number of aliphatic hydroxyl groups is 1. The van der Waals surface area contributed by atoms with Gasteiger partial charge in [0.25, 0.3) is 0 Å². The lowest BCUT2D eigenvalue weighted by Crippen LogP contribution is -2.57.